The number of amides is 1. The van der Waals surface area contributed by atoms with Gasteiger partial charge in [0.05, 0.1) is 11.1 Å². The number of nitro groups is 1. The zero-order valence-corrected chi connectivity index (χ0v) is 11.8. The van der Waals surface area contributed by atoms with E-state index in [2.05, 4.69) is 10.5 Å². The minimum absolute atomic E-state index is 0.0511. The van der Waals surface area contributed by atoms with Crippen LogP contribution in [0.5, 0.6) is 5.75 Å². The van der Waals surface area contributed by atoms with Crippen molar-refractivity contribution >= 4 is 29.4 Å². The van der Waals surface area contributed by atoms with Crippen molar-refractivity contribution in [3.05, 3.63) is 68.7 Å². The molecule has 0 atom stereocenters. The number of halogens is 1. The number of hydrogen-bond acceptors (Lipinski definition) is 5. The third-order valence-corrected chi connectivity index (χ3v) is 2.97. The minimum atomic E-state index is -0.672. The summed E-state index contributed by atoms with van der Waals surface area (Å²) in [6.45, 7) is 0. The lowest BCUT2D eigenvalue weighted by atomic mass is 10.2. The van der Waals surface area contributed by atoms with Crippen molar-refractivity contribution in [3.63, 3.8) is 0 Å². The highest BCUT2D eigenvalue weighted by Gasteiger charge is 2.15. The normalized spacial score (nSPS) is 10.6. The van der Waals surface area contributed by atoms with Gasteiger partial charge in [-0.05, 0) is 29.8 Å². The molecular weight excluding hydrogens is 310 g/mol. The number of phenolic OH excluding ortho intramolecular Hbond substituents is 1. The topological polar surface area (TPSA) is 105 Å². The number of nitro benzene ring substituents is 1. The average Bonchev–Trinajstić information content (AvgIpc) is 2.47. The Bertz CT molecular complexity index is 762. The molecule has 22 heavy (non-hydrogen) atoms. The van der Waals surface area contributed by atoms with Crippen LogP contribution >= 0.6 is 11.6 Å². The van der Waals surface area contributed by atoms with Gasteiger partial charge in [-0.3, -0.25) is 14.9 Å². The number of carbonyl (C=O) groups is 1. The molecule has 0 bridgehead atoms. The second kappa shape index (κ2) is 6.68. The summed E-state index contributed by atoms with van der Waals surface area (Å²) in [6, 6.07) is 9.97. The Hall–Kier alpha value is -2.93. The molecule has 0 spiro atoms. The van der Waals surface area contributed by atoms with Gasteiger partial charge in [-0.2, -0.15) is 5.10 Å². The van der Waals surface area contributed by atoms with Gasteiger partial charge >= 0.3 is 0 Å². The zero-order chi connectivity index (χ0) is 16.1. The van der Waals surface area contributed by atoms with Crippen LogP contribution < -0.4 is 5.43 Å². The summed E-state index contributed by atoms with van der Waals surface area (Å²) in [6.07, 6.45) is 1.34. The maximum atomic E-state index is 11.8. The molecule has 0 aliphatic rings. The Kier molecular flexibility index (Phi) is 4.70. The molecule has 0 saturated carbocycles. The van der Waals surface area contributed by atoms with E-state index in [1.54, 1.807) is 12.1 Å². The molecule has 0 aliphatic heterocycles. The molecule has 7 nitrogen and oxygen atoms in total. The van der Waals surface area contributed by atoms with E-state index < -0.39 is 10.8 Å². The van der Waals surface area contributed by atoms with Gasteiger partial charge in [0, 0.05) is 11.6 Å². The molecule has 0 aromatic heterocycles. The summed E-state index contributed by atoms with van der Waals surface area (Å²) >= 11 is 5.67. The third kappa shape index (κ3) is 3.80. The van der Waals surface area contributed by atoms with Gasteiger partial charge in [0.2, 0.25) is 0 Å². The Balaban J connectivity index is 2.09. The molecule has 1 amide bonds. The molecule has 8 heteroatoms. The molecular formula is C14H10ClN3O4. The number of benzene rings is 2. The highest BCUT2D eigenvalue weighted by atomic mass is 35.5. The average molecular weight is 320 g/mol. The molecule has 2 aromatic carbocycles. The van der Waals surface area contributed by atoms with Crippen LogP contribution in [0.1, 0.15) is 15.9 Å². The number of carbonyl (C=O) groups excluding carboxylic acids is 1. The first kappa shape index (κ1) is 15.5. The summed E-state index contributed by atoms with van der Waals surface area (Å²) in [7, 11) is 0. The largest absolute Gasteiger partial charge is 0.508 e. The number of nitrogens with one attached hydrogen (secondary N) is 1. The molecule has 0 radical (unpaired) electrons. The third-order valence-electron chi connectivity index (χ3n) is 2.65. The fraction of sp³-hybridized carbons (Fsp3) is 0. The van der Waals surface area contributed by atoms with Crippen molar-refractivity contribution in [3.8, 4) is 5.75 Å². The van der Waals surface area contributed by atoms with Crippen LogP contribution in [0.15, 0.2) is 47.6 Å². The molecule has 0 heterocycles. The standard InChI is InChI=1S/C14H10ClN3O4/c15-12-5-4-10(7-13(12)18(21)22)14(20)17-16-8-9-2-1-3-11(19)6-9/h1-8,19H,(H,17,20). The van der Waals surface area contributed by atoms with Gasteiger partial charge < -0.3 is 5.11 Å². The molecule has 2 N–H and O–H groups in total. The fourth-order valence-electron chi connectivity index (χ4n) is 1.63. The number of nitrogens with zero attached hydrogens (tertiary/aromatic N) is 2. The van der Waals surface area contributed by atoms with Crippen molar-refractivity contribution in [2.24, 2.45) is 5.10 Å². The maximum absolute atomic E-state index is 11.8. The van der Waals surface area contributed by atoms with Crippen LogP contribution in [-0.4, -0.2) is 22.2 Å². The molecule has 0 unspecified atom stereocenters. The Morgan fingerprint density at radius 1 is 1.32 bits per heavy atom. The summed E-state index contributed by atoms with van der Waals surface area (Å²) < 4.78 is 0. The molecule has 0 fully saturated rings. The van der Waals surface area contributed by atoms with Gasteiger partial charge in [-0.1, -0.05) is 23.7 Å². The first-order valence-electron chi connectivity index (χ1n) is 6.04. The van der Waals surface area contributed by atoms with Crippen molar-refractivity contribution < 1.29 is 14.8 Å². The number of phenols is 1. The van der Waals surface area contributed by atoms with Crippen LogP contribution in [0.4, 0.5) is 5.69 Å². The minimum Gasteiger partial charge on any atom is -0.508 e. The molecule has 2 rings (SSSR count). The monoisotopic (exact) mass is 319 g/mol. The van der Waals surface area contributed by atoms with Crippen molar-refractivity contribution in [2.45, 2.75) is 0 Å². The van der Waals surface area contributed by atoms with E-state index in [1.807, 2.05) is 0 Å². The Morgan fingerprint density at radius 2 is 2.09 bits per heavy atom. The second-order valence-corrected chi connectivity index (χ2v) is 4.62. The Morgan fingerprint density at radius 3 is 2.77 bits per heavy atom. The van der Waals surface area contributed by atoms with E-state index in [-0.39, 0.29) is 22.0 Å². The zero-order valence-electron chi connectivity index (χ0n) is 11.1. The number of rotatable bonds is 4. The second-order valence-electron chi connectivity index (χ2n) is 4.22. The predicted octanol–water partition coefficient (Wildman–Crippen LogP) is 2.72. The maximum Gasteiger partial charge on any atom is 0.288 e. The van der Waals surface area contributed by atoms with Gasteiger partial charge in [0.25, 0.3) is 11.6 Å². The van der Waals surface area contributed by atoms with Crippen LogP contribution in [-0.2, 0) is 0 Å². The molecule has 0 saturated heterocycles. The lowest BCUT2D eigenvalue weighted by molar-refractivity contribution is -0.384. The van der Waals surface area contributed by atoms with Crippen molar-refractivity contribution in [2.75, 3.05) is 0 Å². The van der Waals surface area contributed by atoms with Gasteiger partial charge in [-0.25, -0.2) is 5.43 Å². The van der Waals surface area contributed by atoms with E-state index in [1.165, 1.54) is 30.5 Å². The summed E-state index contributed by atoms with van der Waals surface area (Å²) in [5.74, 6) is -0.542. The van der Waals surface area contributed by atoms with E-state index in [4.69, 9.17) is 11.6 Å². The van der Waals surface area contributed by atoms with E-state index in [9.17, 15) is 20.0 Å². The number of aromatic hydroxyl groups is 1. The Labute approximate surface area is 130 Å². The smallest absolute Gasteiger partial charge is 0.288 e. The quantitative estimate of drug-likeness (QED) is 0.513. The van der Waals surface area contributed by atoms with Crippen LogP contribution in [0.2, 0.25) is 5.02 Å². The number of hydrazone groups is 1. The lowest BCUT2D eigenvalue weighted by Gasteiger charge is -2.01. The van der Waals surface area contributed by atoms with Gasteiger partial charge in [-0.15, -0.1) is 0 Å². The van der Waals surface area contributed by atoms with E-state index in [0.717, 1.165) is 6.07 Å². The number of hydrogen-bond donors (Lipinski definition) is 2. The van der Waals surface area contributed by atoms with Crippen LogP contribution in [0.25, 0.3) is 0 Å². The molecule has 2 aromatic rings. The van der Waals surface area contributed by atoms with Gasteiger partial charge in [0.15, 0.2) is 0 Å². The highest BCUT2D eigenvalue weighted by molar-refractivity contribution is 6.32. The van der Waals surface area contributed by atoms with E-state index >= 15 is 0 Å². The van der Waals surface area contributed by atoms with Crippen LogP contribution in [0.3, 0.4) is 0 Å². The van der Waals surface area contributed by atoms with Crippen molar-refractivity contribution in [1.29, 1.82) is 0 Å². The van der Waals surface area contributed by atoms with E-state index in [0.29, 0.717) is 5.56 Å². The summed E-state index contributed by atoms with van der Waals surface area (Å²) in [4.78, 5) is 21.9. The fourth-order valence-corrected chi connectivity index (χ4v) is 1.82. The lowest BCUT2D eigenvalue weighted by Crippen LogP contribution is -2.17. The molecule has 0 aliphatic carbocycles. The summed E-state index contributed by atoms with van der Waals surface area (Å²) in [5.41, 5.74) is 2.53. The van der Waals surface area contributed by atoms with Gasteiger partial charge in [0.1, 0.15) is 10.8 Å². The van der Waals surface area contributed by atoms with Crippen molar-refractivity contribution in [1.82, 2.24) is 5.43 Å². The molecule has 112 valence electrons. The predicted molar refractivity (Wildman–Crippen MR) is 81.3 cm³/mol. The summed E-state index contributed by atoms with van der Waals surface area (Å²) in [5, 5.41) is 23.7. The first-order chi connectivity index (χ1) is 10.5. The SMILES string of the molecule is O=C(NN=Cc1cccc(O)c1)c1ccc(Cl)c([N+](=O)[O-])c1. The highest BCUT2D eigenvalue weighted by Crippen LogP contribution is 2.24. The van der Waals surface area contributed by atoms with Crippen LogP contribution in [0, 0.1) is 10.1 Å². The first-order valence-corrected chi connectivity index (χ1v) is 6.41.